The Labute approximate surface area is 194 Å². The second-order valence-electron chi connectivity index (χ2n) is 6.34. The lowest BCUT2D eigenvalue weighted by Gasteiger charge is -2.31. The molecule has 1 unspecified atom stereocenters. The summed E-state index contributed by atoms with van der Waals surface area (Å²) in [6.07, 6.45) is 0. The molecule has 2 rings (SSSR count). The van der Waals surface area contributed by atoms with Gasteiger partial charge in [0, 0.05) is 31.7 Å². The fourth-order valence-electron chi connectivity index (χ4n) is 3.23. The molecule has 0 bridgehead atoms. The highest BCUT2D eigenvalue weighted by atomic mass is 127. The number of urea groups is 1. The monoisotopic (exact) mass is 536 g/mol. The third-order valence-electron chi connectivity index (χ3n) is 4.77. The van der Waals surface area contributed by atoms with E-state index in [0.29, 0.717) is 19.0 Å². The maximum absolute atomic E-state index is 11.6. The van der Waals surface area contributed by atoms with Gasteiger partial charge >= 0.3 is 6.03 Å². The highest BCUT2D eigenvalue weighted by Crippen LogP contribution is 2.26. The Morgan fingerprint density at radius 1 is 1.28 bits per heavy atom. The molecule has 1 atom stereocenters. The van der Waals surface area contributed by atoms with Gasteiger partial charge in [0.15, 0.2) is 5.96 Å². The molecule has 1 aliphatic heterocycles. The summed E-state index contributed by atoms with van der Waals surface area (Å²) in [4.78, 5) is 31.0. The van der Waals surface area contributed by atoms with E-state index >= 15 is 0 Å². The number of carbonyl (C=O) groups excluding carboxylic acids is 2. The number of rotatable bonds is 9. The van der Waals surface area contributed by atoms with Gasteiger partial charge in [0.2, 0.25) is 5.91 Å². The van der Waals surface area contributed by atoms with Crippen molar-refractivity contribution < 1.29 is 9.59 Å². The topological polar surface area (TPSA) is 89.1 Å². The van der Waals surface area contributed by atoms with Crippen molar-refractivity contribution in [3.63, 3.8) is 0 Å². The lowest BCUT2D eigenvalue weighted by Crippen LogP contribution is -2.46. The van der Waals surface area contributed by atoms with Gasteiger partial charge in [0.25, 0.3) is 0 Å². The molecule has 1 fully saturated rings. The number of nitrogens with zero attached hydrogens (tertiary/aromatic N) is 3. The fourth-order valence-corrected chi connectivity index (χ4v) is 3.49. The summed E-state index contributed by atoms with van der Waals surface area (Å²) in [7, 11) is 1.69. The predicted octanol–water partition coefficient (Wildman–Crippen LogP) is 2.06. The van der Waals surface area contributed by atoms with E-state index < -0.39 is 0 Å². The van der Waals surface area contributed by atoms with Crippen LogP contribution in [0.3, 0.4) is 0 Å². The molecule has 0 aliphatic carbocycles. The van der Waals surface area contributed by atoms with Gasteiger partial charge in [-0.2, -0.15) is 0 Å². The number of hydrogen-bond donors (Lipinski definition) is 3. The van der Waals surface area contributed by atoms with E-state index in [4.69, 9.17) is 11.6 Å². The molecule has 3 N–H and O–H groups in total. The molecular weight excluding hydrogens is 507 g/mol. The van der Waals surface area contributed by atoms with Crippen LogP contribution >= 0.6 is 35.6 Å². The van der Waals surface area contributed by atoms with Gasteiger partial charge in [-0.25, -0.2) is 4.79 Å². The van der Waals surface area contributed by atoms with Crippen LogP contribution in [0.25, 0.3) is 0 Å². The standard InChI is InChI=1S/C19H29ClN6O2.HI/c1-4-25(5-2)16(14-8-6-7-9-15(14)20)12-23-18(21-3)22-10-11-26-17(27)13-24-19(26)28;/h6-9,16H,4-5,10-13H2,1-3H3,(H,24,28)(H2,21,22,23);1H. The number of aliphatic imine (C=N–C) groups is 1. The number of nitrogens with one attached hydrogen (secondary N) is 3. The number of guanidine groups is 1. The Morgan fingerprint density at radius 3 is 2.52 bits per heavy atom. The Bertz CT molecular complexity index is 698. The molecular formula is C19H30ClIN6O2. The van der Waals surface area contributed by atoms with E-state index in [-0.39, 0.29) is 55.0 Å². The number of carbonyl (C=O) groups is 2. The van der Waals surface area contributed by atoms with Gasteiger partial charge < -0.3 is 16.0 Å². The van der Waals surface area contributed by atoms with Crippen molar-refractivity contribution in [1.29, 1.82) is 0 Å². The normalized spacial score (nSPS) is 15.2. The van der Waals surface area contributed by atoms with Crippen LogP contribution in [0, 0.1) is 0 Å². The molecule has 8 nitrogen and oxygen atoms in total. The van der Waals surface area contributed by atoms with E-state index in [9.17, 15) is 9.59 Å². The van der Waals surface area contributed by atoms with Gasteiger partial charge in [-0.1, -0.05) is 43.6 Å². The van der Waals surface area contributed by atoms with Crippen molar-refractivity contribution in [2.24, 2.45) is 4.99 Å². The lowest BCUT2D eigenvalue weighted by atomic mass is 10.0. The Morgan fingerprint density at radius 2 is 1.97 bits per heavy atom. The first kappa shape index (κ1) is 25.4. The van der Waals surface area contributed by atoms with Gasteiger partial charge in [-0.05, 0) is 24.7 Å². The van der Waals surface area contributed by atoms with Crippen molar-refractivity contribution in [2.45, 2.75) is 19.9 Å². The van der Waals surface area contributed by atoms with Crippen molar-refractivity contribution >= 4 is 53.5 Å². The van der Waals surface area contributed by atoms with Crippen molar-refractivity contribution in [3.05, 3.63) is 34.9 Å². The maximum Gasteiger partial charge on any atom is 0.324 e. The van der Waals surface area contributed by atoms with Crippen LogP contribution in [0.4, 0.5) is 4.79 Å². The smallest absolute Gasteiger partial charge is 0.324 e. The first-order valence-corrected chi connectivity index (χ1v) is 9.90. The Hall–Kier alpha value is -1.59. The third kappa shape index (κ3) is 7.00. The van der Waals surface area contributed by atoms with Crippen molar-refractivity contribution in [2.75, 3.05) is 46.3 Å². The molecule has 1 heterocycles. The number of hydrogen-bond acceptors (Lipinski definition) is 4. The quantitative estimate of drug-likeness (QED) is 0.195. The second-order valence-corrected chi connectivity index (χ2v) is 6.75. The molecule has 162 valence electrons. The second kappa shape index (κ2) is 12.9. The molecule has 10 heteroatoms. The first-order chi connectivity index (χ1) is 13.5. The summed E-state index contributed by atoms with van der Waals surface area (Å²) in [5.74, 6) is 0.395. The van der Waals surface area contributed by atoms with Gasteiger partial charge in [0.05, 0.1) is 12.6 Å². The number of imide groups is 1. The summed E-state index contributed by atoms with van der Waals surface area (Å²) < 4.78 is 0. The van der Waals surface area contributed by atoms with Crippen LogP contribution in [-0.4, -0.2) is 74.0 Å². The zero-order valence-electron chi connectivity index (χ0n) is 17.1. The van der Waals surface area contributed by atoms with Crippen LogP contribution in [0.15, 0.2) is 29.3 Å². The van der Waals surface area contributed by atoms with Crippen molar-refractivity contribution in [3.8, 4) is 0 Å². The Kier molecular flexibility index (Phi) is 11.3. The number of benzene rings is 1. The zero-order chi connectivity index (χ0) is 20.5. The van der Waals surface area contributed by atoms with E-state index in [1.165, 1.54) is 4.90 Å². The summed E-state index contributed by atoms with van der Waals surface area (Å²) in [5, 5.41) is 9.72. The number of likely N-dealkylation sites (N-methyl/N-ethyl adjacent to an activating group) is 1. The molecule has 0 radical (unpaired) electrons. The summed E-state index contributed by atoms with van der Waals surface area (Å²) in [5.41, 5.74) is 1.06. The van der Waals surface area contributed by atoms with Crippen molar-refractivity contribution in [1.82, 2.24) is 25.8 Å². The molecule has 1 aromatic carbocycles. The fraction of sp³-hybridized carbons (Fsp3) is 0.526. The average molecular weight is 537 g/mol. The van der Waals surface area contributed by atoms with E-state index in [2.05, 4.69) is 39.7 Å². The SMILES string of the molecule is CCN(CC)C(CNC(=NC)NCCN1C(=O)CNC1=O)c1ccccc1Cl.I. The minimum Gasteiger partial charge on any atom is -0.355 e. The summed E-state index contributed by atoms with van der Waals surface area (Å²) >= 11 is 6.43. The maximum atomic E-state index is 11.6. The van der Waals surface area contributed by atoms with Crippen LogP contribution in [-0.2, 0) is 4.79 Å². The van der Waals surface area contributed by atoms with Crippen LogP contribution < -0.4 is 16.0 Å². The van der Waals surface area contributed by atoms with Gasteiger partial charge in [0.1, 0.15) is 0 Å². The zero-order valence-corrected chi connectivity index (χ0v) is 20.2. The molecule has 1 saturated heterocycles. The van der Waals surface area contributed by atoms with E-state index in [0.717, 1.165) is 23.7 Å². The molecule has 3 amide bonds. The highest BCUT2D eigenvalue weighted by Gasteiger charge is 2.27. The first-order valence-electron chi connectivity index (χ1n) is 9.52. The highest BCUT2D eigenvalue weighted by molar-refractivity contribution is 14.0. The average Bonchev–Trinajstić information content (AvgIpc) is 3.02. The van der Waals surface area contributed by atoms with Gasteiger partial charge in [-0.15, -0.1) is 24.0 Å². The van der Waals surface area contributed by atoms with Crippen LogP contribution in [0.2, 0.25) is 5.02 Å². The minimum absolute atomic E-state index is 0. The molecule has 29 heavy (non-hydrogen) atoms. The third-order valence-corrected chi connectivity index (χ3v) is 5.11. The summed E-state index contributed by atoms with van der Waals surface area (Å²) in [6, 6.07) is 7.60. The lowest BCUT2D eigenvalue weighted by molar-refractivity contribution is -0.124. The van der Waals surface area contributed by atoms with Crippen LogP contribution in [0.5, 0.6) is 0 Å². The van der Waals surface area contributed by atoms with Gasteiger partial charge in [-0.3, -0.25) is 19.6 Å². The molecule has 1 aromatic rings. The largest absolute Gasteiger partial charge is 0.355 e. The summed E-state index contributed by atoms with van der Waals surface area (Å²) in [6.45, 7) is 7.43. The number of halogens is 2. The molecule has 0 saturated carbocycles. The van der Waals surface area contributed by atoms with Crippen LogP contribution in [0.1, 0.15) is 25.5 Å². The van der Waals surface area contributed by atoms with E-state index in [1.807, 2.05) is 24.3 Å². The molecule has 0 spiro atoms. The number of amides is 3. The Balaban J connectivity index is 0.00000420. The minimum atomic E-state index is -0.352. The molecule has 1 aliphatic rings. The molecule has 0 aromatic heterocycles. The predicted molar refractivity (Wildman–Crippen MR) is 127 cm³/mol. The van der Waals surface area contributed by atoms with E-state index in [1.54, 1.807) is 7.05 Å².